The lowest BCUT2D eigenvalue weighted by Crippen LogP contribution is -2.44. The number of halogens is 2. The van der Waals surface area contributed by atoms with Crippen LogP contribution in [0.15, 0.2) is 36.5 Å². The molecule has 1 aromatic heterocycles. The van der Waals surface area contributed by atoms with E-state index in [0.29, 0.717) is 17.1 Å². The maximum absolute atomic E-state index is 12.2. The summed E-state index contributed by atoms with van der Waals surface area (Å²) in [6.45, 7) is 2.38. The smallest absolute Gasteiger partial charge is 0.252 e. The van der Waals surface area contributed by atoms with Gasteiger partial charge in [-0.1, -0.05) is 12.1 Å². The highest BCUT2D eigenvalue weighted by molar-refractivity contribution is 5.99. The molecule has 0 saturated carbocycles. The standard InChI is InChI=1S/C17H19FN4O2.ClH/c18-11-24-14-3-1-12(2-4-14)13-9-15(16(19)23)17(21-10-13)22-7-5-20-6-8-22;/h1-4,9-10,20H,5-8,11H2,(H2,19,23);1H. The minimum Gasteiger partial charge on any atom is -0.463 e. The average molecular weight is 367 g/mol. The predicted molar refractivity (Wildman–Crippen MR) is 97.1 cm³/mol. The Morgan fingerprint density at radius 2 is 1.92 bits per heavy atom. The van der Waals surface area contributed by atoms with Crippen LogP contribution in [0.5, 0.6) is 5.75 Å². The lowest BCUT2D eigenvalue weighted by atomic mass is 10.0. The van der Waals surface area contributed by atoms with Crippen LogP contribution >= 0.6 is 12.4 Å². The lowest BCUT2D eigenvalue weighted by molar-refractivity contribution is 0.100. The Balaban J connectivity index is 0.00000225. The van der Waals surface area contributed by atoms with Crippen molar-refractivity contribution in [2.75, 3.05) is 37.9 Å². The van der Waals surface area contributed by atoms with Gasteiger partial charge in [0, 0.05) is 37.9 Å². The number of rotatable bonds is 5. The first-order chi connectivity index (χ1) is 11.7. The van der Waals surface area contributed by atoms with Crippen LogP contribution in [0, 0.1) is 0 Å². The van der Waals surface area contributed by atoms with Gasteiger partial charge in [0.25, 0.3) is 5.91 Å². The molecule has 1 saturated heterocycles. The maximum Gasteiger partial charge on any atom is 0.252 e. The highest BCUT2D eigenvalue weighted by Crippen LogP contribution is 2.27. The zero-order valence-electron chi connectivity index (χ0n) is 13.6. The normalized spacial score (nSPS) is 13.9. The molecule has 1 amide bonds. The molecule has 2 aromatic rings. The van der Waals surface area contributed by atoms with Crippen LogP contribution in [-0.4, -0.2) is 43.9 Å². The Labute approximate surface area is 151 Å². The first-order valence-electron chi connectivity index (χ1n) is 7.74. The number of hydrogen-bond acceptors (Lipinski definition) is 5. The Hall–Kier alpha value is -2.38. The van der Waals surface area contributed by atoms with Crippen molar-refractivity contribution >= 4 is 24.1 Å². The number of nitrogens with zero attached hydrogens (tertiary/aromatic N) is 2. The predicted octanol–water partition coefficient (Wildman–Crippen LogP) is 1.98. The highest BCUT2D eigenvalue weighted by Gasteiger charge is 2.19. The molecule has 1 aromatic carbocycles. The number of pyridine rings is 1. The van der Waals surface area contributed by atoms with Gasteiger partial charge in [0.05, 0.1) is 5.56 Å². The highest BCUT2D eigenvalue weighted by atomic mass is 35.5. The fourth-order valence-electron chi connectivity index (χ4n) is 2.73. The van der Waals surface area contributed by atoms with E-state index >= 15 is 0 Å². The summed E-state index contributed by atoms with van der Waals surface area (Å²) in [6.07, 6.45) is 1.72. The zero-order valence-corrected chi connectivity index (χ0v) is 14.4. The van der Waals surface area contributed by atoms with Crippen molar-refractivity contribution in [3.63, 3.8) is 0 Å². The van der Waals surface area contributed by atoms with Gasteiger partial charge in [-0.05, 0) is 23.8 Å². The second-order valence-corrected chi connectivity index (χ2v) is 5.47. The molecule has 134 valence electrons. The summed E-state index contributed by atoms with van der Waals surface area (Å²) in [5.41, 5.74) is 7.57. The number of alkyl halides is 1. The van der Waals surface area contributed by atoms with Gasteiger partial charge in [0.15, 0.2) is 0 Å². The molecule has 6 nitrogen and oxygen atoms in total. The number of ether oxygens (including phenoxy) is 1. The SMILES string of the molecule is Cl.NC(=O)c1cc(-c2ccc(OCF)cc2)cnc1N1CCNCC1. The monoisotopic (exact) mass is 366 g/mol. The molecule has 25 heavy (non-hydrogen) atoms. The number of benzene rings is 1. The summed E-state index contributed by atoms with van der Waals surface area (Å²) < 4.78 is 17.0. The van der Waals surface area contributed by atoms with E-state index in [9.17, 15) is 9.18 Å². The lowest BCUT2D eigenvalue weighted by Gasteiger charge is -2.29. The van der Waals surface area contributed by atoms with E-state index in [2.05, 4.69) is 15.2 Å². The van der Waals surface area contributed by atoms with Crippen molar-refractivity contribution in [2.45, 2.75) is 0 Å². The van der Waals surface area contributed by atoms with E-state index in [0.717, 1.165) is 37.3 Å². The Kier molecular flexibility index (Phi) is 6.55. The molecule has 0 spiro atoms. The van der Waals surface area contributed by atoms with E-state index in [1.54, 1.807) is 36.5 Å². The van der Waals surface area contributed by atoms with Gasteiger partial charge >= 0.3 is 0 Å². The van der Waals surface area contributed by atoms with Crippen molar-refractivity contribution in [1.82, 2.24) is 10.3 Å². The Morgan fingerprint density at radius 3 is 2.52 bits per heavy atom. The molecular formula is C17H20ClFN4O2. The first kappa shape index (κ1) is 19.0. The maximum atomic E-state index is 12.2. The topological polar surface area (TPSA) is 80.5 Å². The van der Waals surface area contributed by atoms with E-state index in [1.165, 1.54) is 0 Å². The summed E-state index contributed by atoms with van der Waals surface area (Å²) in [7, 11) is 0. The second kappa shape index (κ2) is 8.64. The number of primary amides is 1. The number of aromatic nitrogens is 1. The number of nitrogens with two attached hydrogens (primary N) is 1. The number of carbonyl (C=O) groups is 1. The number of piperazine rings is 1. The number of hydrogen-bond donors (Lipinski definition) is 2. The van der Waals surface area contributed by atoms with Crippen molar-refractivity contribution in [3.8, 4) is 16.9 Å². The van der Waals surface area contributed by atoms with Crippen molar-refractivity contribution in [3.05, 3.63) is 42.1 Å². The minimum absolute atomic E-state index is 0. The third kappa shape index (κ3) is 4.37. The van der Waals surface area contributed by atoms with Gasteiger partial charge < -0.3 is 20.7 Å². The van der Waals surface area contributed by atoms with Crippen molar-refractivity contribution in [2.24, 2.45) is 5.73 Å². The van der Waals surface area contributed by atoms with Crippen LogP contribution in [-0.2, 0) is 0 Å². The van der Waals surface area contributed by atoms with Crippen LogP contribution in [0.3, 0.4) is 0 Å². The Bertz CT molecular complexity index is 721. The Morgan fingerprint density at radius 1 is 1.24 bits per heavy atom. The third-order valence-electron chi connectivity index (χ3n) is 3.96. The molecule has 2 heterocycles. The van der Waals surface area contributed by atoms with E-state index in [-0.39, 0.29) is 12.4 Å². The summed E-state index contributed by atoms with van der Waals surface area (Å²) in [5, 5.41) is 3.26. The molecule has 8 heteroatoms. The van der Waals surface area contributed by atoms with Gasteiger partial charge in [-0.3, -0.25) is 4.79 Å². The molecule has 0 bridgehead atoms. The molecule has 0 unspecified atom stereocenters. The molecule has 3 rings (SSSR count). The molecule has 0 atom stereocenters. The summed E-state index contributed by atoms with van der Waals surface area (Å²) in [6, 6.07) is 8.67. The van der Waals surface area contributed by atoms with Gasteiger partial charge in [-0.15, -0.1) is 12.4 Å². The van der Waals surface area contributed by atoms with Crippen LogP contribution < -0.4 is 20.7 Å². The summed E-state index contributed by atoms with van der Waals surface area (Å²) >= 11 is 0. The van der Waals surface area contributed by atoms with Crippen LogP contribution in [0.1, 0.15) is 10.4 Å². The van der Waals surface area contributed by atoms with Crippen LogP contribution in [0.2, 0.25) is 0 Å². The first-order valence-corrected chi connectivity index (χ1v) is 7.74. The van der Waals surface area contributed by atoms with E-state index in [4.69, 9.17) is 10.5 Å². The van der Waals surface area contributed by atoms with E-state index in [1.807, 2.05) is 0 Å². The molecule has 1 fully saturated rings. The molecule has 0 radical (unpaired) electrons. The molecule has 1 aliphatic heterocycles. The zero-order chi connectivity index (χ0) is 16.9. The fraction of sp³-hybridized carbons (Fsp3) is 0.294. The molecule has 1 aliphatic rings. The van der Waals surface area contributed by atoms with Gasteiger partial charge in [0.2, 0.25) is 6.86 Å². The van der Waals surface area contributed by atoms with Gasteiger partial charge in [0.1, 0.15) is 11.6 Å². The molecular weight excluding hydrogens is 347 g/mol. The fourth-order valence-corrected chi connectivity index (χ4v) is 2.73. The third-order valence-corrected chi connectivity index (χ3v) is 3.96. The number of carbonyl (C=O) groups excluding carboxylic acids is 1. The van der Waals surface area contributed by atoms with Crippen molar-refractivity contribution in [1.29, 1.82) is 0 Å². The summed E-state index contributed by atoms with van der Waals surface area (Å²) in [5.74, 6) is 0.558. The number of nitrogens with one attached hydrogen (secondary N) is 1. The molecule has 0 aliphatic carbocycles. The quantitative estimate of drug-likeness (QED) is 0.845. The van der Waals surface area contributed by atoms with Crippen LogP contribution in [0.25, 0.3) is 11.1 Å². The van der Waals surface area contributed by atoms with Gasteiger partial charge in [-0.2, -0.15) is 0 Å². The van der Waals surface area contributed by atoms with Crippen molar-refractivity contribution < 1.29 is 13.9 Å². The number of anilines is 1. The van der Waals surface area contributed by atoms with Gasteiger partial charge in [-0.25, -0.2) is 9.37 Å². The number of amides is 1. The van der Waals surface area contributed by atoms with Crippen LogP contribution in [0.4, 0.5) is 10.2 Å². The molecule has 3 N–H and O–H groups in total. The van der Waals surface area contributed by atoms with E-state index < -0.39 is 12.8 Å². The summed E-state index contributed by atoms with van der Waals surface area (Å²) in [4.78, 5) is 18.4. The second-order valence-electron chi connectivity index (χ2n) is 5.47. The minimum atomic E-state index is -0.869. The largest absolute Gasteiger partial charge is 0.463 e. The average Bonchev–Trinajstić information content (AvgIpc) is 2.63.